The molecule has 118 valence electrons. The van der Waals surface area contributed by atoms with E-state index in [4.69, 9.17) is 0 Å². The highest BCUT2D eigenvalue weighted by Crippen LogP contribution is 2.41. The molecule has 2 fully saturated rings. The molecule has 0 aliphatic carbocycles. The molecule has 2 aliphatic heterocycles. The Labute approximate surface area is 125 Å². The highest BCUT2D eigenvalue weighted by atomic mass is 16.3. The second kappa shape index (κ2) is 5.40. The number of likely N-dealkylation sites (tertiary alicyclic amines) is 2. The van der Waals surface area contributed by atoms with Gasteiger partial charge < -0.3 is 14.9 Å². The summed E-state index contributed by atoms with van der Waals surface area (Å²) in [6.07, 6.45) is 0.544. The van der Waals surface area contributed by atoms with Crippen LogP contribution in [-0.2, 0) is 14.4 Å². The lowest BCUT2D eigenvalue weighted by Crippen LogP contribution is -2.76. The van der Waals surface area contributed by atoms with Crippen molar-refractivity contribution in [3.05, 3.63) is 0 Å². The zero-order valence-electron chi connectivity index (χ0n) is 13.1. The normalized spacial score (nSPS) is 28.0. The van der Waals surface area contributed by atoms with E-state index in [1.54, 1.807) is 4.90 Å². The van der Waals surface area contributed by atoms with Crippen molar-refractivity contribution in [2.75, 3.05) is 13.1 Å². The molecule has 0 saturated carbocycles. The molecule has 1 spiro atoms. The average Bonchev–Trinajstić information content (AvgIpc) is 2.82. The van der Waals surface area contributed by atoms with Crippen LogP contribution in [0.4, 0.5) is 0 Å². The summed E-state index contributed by atoms with van der Waals surface area (Å²) < 4.78 is 0. The average molecular weight is 296 g/mol. The minimum atomic E-state index is -0.903. The Kier molecular flexibility index (Phi) is 4.10. The van der Waals surface area contributed by atoms with Gasteiger partial charge in [0.25, 0.3) is 5.91 Å². The standard InChI is InChI=1S/C15H24N2O4/c1-9(2)13(20)17-7-5-6-15(17)8-16(14(15)21)12(10(3)18)11(4)19/h9-10,12,18H,5-8H2,1-4H3/t10-,12+,15-/m1/s1. The number of carbonyl (C=O) groups is 3. The number of hydrogen-bond acceptors (Lipinski definition) is 4. The third kappa shape index (κ3) is 2.35. The van der Waals surface area contributed by atoms with Crippen molar-refractivity contribution in [1.29, 1.82) is 0 Å². The summed E-state index contributed by atoms with van der Waals surface area (Å²) in [6, 6.07) is -0.806. The monoisotopic (exact) mass is 296 g/mol. The van der Waals surface area contributed by atoms with Gasteiger partial charge in [-0.2, -0.15) is 0 Å². The van der Waals surface area contributed by atoms with E-state index in [2.05, 4.69) is 0 Å². The van der Waals surface area contributed by atoms with Crippen LogP contribution in [0, 0.1) is 5.92 Å². The van der Waals surface area contributed by atoms with E-state index in [-0.39, 0.29) is 23.5 Å². The number of β-lactam (4-membered cyclic amide) rings is 1. The van der Waals surface area contributed by atoms with Crippen molar-refractivity contribution in [1.82, 2.24) is 9.80 Å². The first-order chi connectivity index (χ1) is 9.72. The number of aliphatic hydroxyl groups is 1. The Hall–Kier alpha value is -1.43. The number of amides is 2. The first-order valence-corrected chi connectivity index (χ1v) is 7.53. The van der Waals surface area contributed by atoms with Crippen LogP contribution in [0.5, 0.6) is 0 Å². The fraction of sp³-hybridized carbons (Fsp3) is 0.800. The van der Waals surface area contributed by atoms with Crippen LogP contribution in [-0.4, -0.2) is 63.3 Å². The Morgan fingerprint density at radius 3 is 2.33 bits per heavy atom. The number of hydrogen-bond donors (Lipinski definition) is 1. The molecule has 0 bridgehead atoms. The summed E-state index contributed by atoms with van der Waals surface area (Å²) in [5, 5.41) is 9.74. The van der Waals surface area contributed by atoms with E-state index < -0.39 is 17.7 Å². The summed E-state index contributed by atoms with van der Waals surface area (Å²) in [5.74, 6) is -0.595. The lowest BCUT2D eigenvalue weighted by molar-refractivity contribution is -0.176. The zero-order valence-corrected chi connectivity index (χ0v) is 13.1. The van der Waals surface area contributed by atoms with E-state index >= 15 is 0 Å². The summed E-state index contributed by atoms with van der Waals surface area (Å²) >= 11 is 0. The van der Waals surface area contributed by atoms with Gasteiger partial charge in [-0.3, -0.25) is 14.4 Å². The highest BCUT2D eigenvalue weighted by Gasteiger charge is 2.61. The number of ketones is 1. The van der Waals surface area contributed by atoms with Crippen molar-refractivity contribution >= 4 is 17.6 Å². The molecule has 0 radical (unpaired) electrons. The molecule has 2 heterocycles. The third-order valence-corrected chi connectivity index (χ3v) is 4.55. The molecule has 2 amide bonds. The summed E-state index contributed by atoms with van der Waals surface area (Å²) in [4.78, 5) is 39.7. The topological polar surface area (TPSA) is 77.9 Å². The maximum Gasteiger partial charge on any atom is 0.251 e. The molecule has 0 aromatic heterocycles. The van der Waals surface area contributed by atoms with Crippen LogP contribution < -0.4 is 0 Å². The minimum absolute atomic E-state index is 0.0167. The van der Waals surface area contributed by atoms with Crippen LogP contribution in [0.1, 0.15) is 40.5 Å². The molecule has 21 heavy (non-hydrogen) atoms. The molecule has 0 unspecified atom stereocenters. The predicted molar refractivity (Wildman–Crippen MR) is 76.4 cm³/mol. The third-order valence-electron chi connectivity index (χ3n) is 4.55. The van der Waals surface area contributed by atoms with Gasteiger partial charge in [0.1, 0.15) is 11.6 Å². The van der Waals surface area contributed by atoms with Gasteiger partial charge in [-0.05, 0) is 26.7 Å². The van der Waals surface area contributed by atoms with Crippen LogP contribution >= 0.6 is 0 Å². The Morgan fingerprint density at radius 1 is 1.29 bits per heavy atom. The largest absolute Gasteiger partial charge is 0.391 e. The van der Waals surface area contributed by atoms with Crippen molar-refractivity contribution in [3.8, 4) is 0 Å². The summed E-state index contributed by atoms with van der Waals surface area (Å²) in [5.41, 5.74) is -0.774. The first-order valence-electron chi connectivity index (χ1n) is 7.53. The maximum absolute atomic E-state index is 12.6. The van der Waals surface area contributed by atoms with E-state index in [9.17, 15) is 19.5 Å². The van der Waals surface area contributed by atoms with Crippen LogP contribution in [0.15, 0.2) is 0 Å². The second-order valence-corrected chi connectivity index (χ2v) is 6.51. The number of aliphatic hydroxyl groups excluding tert-OH is 1. The molecule has 2 saturated heterocycles. The molecule has 2 rings (SSSR count). The smallest absolute Gasteiger partial charge is 0.251 e. The maximum atomic E-state index is 12.6. The summed E-state index contributed by atoms with van der Waals surface area (Å²) in [6.45, 7) is 7.47. The van der Waals surface area contributed by atoms with Crippen LogP contribution in [0.3, 0.4) is 0 Å². The molecular weight excluding hydrogens is 272 g/mol. The number of Topliss-reactive ketones (excluding diaryl/α,β-unsaturated/α-hetero) is 1. The van der Waals surface area contributed by atoms with Crippen LogP contribution in [0.2, 0.25) is 0 Å². The fourth-order valence-electron chi connectivity index (χ4n) is 3.54. The van der Waals surface area contributed by atoms with Crippen molar-refractivity contribution in [2.45, 2.75) is 58.2 Å². The van der Waals surface area contributed by atoms with Crippen molar-refractivity contribution < 1.29 is 19.5 Å². The van der Waals surface area contributed by atoms with E-state index in [1.807, 2.05) is 13.8 Å². The SMILES string of the molecule is CC(=O)[C@H]([C@@H](C)O)N1C[C@]2(CCCN2C(=O)C(C)C)C1=O. The fourth-order valence-corrected chi connectivity index (χ4v) is 3.54. The molecule has 0 aromatic rings. The Balaban J connectivity index is 2.20. The zero-order chi connectivity index (χ0) is 15.9. The lowest BCUT2D eigenvalue weighted by Gasteiger charge is -2.54. The Morgan fingerprint density at radius 2 is 1.90 bits per heavy atom. The number of rotatable bonds is 4. The second-order valence-electron chi connectivity index (χ2n) is 6.51. The molecule has 1 N–H and O–H groups in total. The Bertz CT molecular complexity index is 474. The van der Waals surface area contributed by atoms with Gasteiger partial charge in [-0.1, -0.05) is 13.8 Å². The predicted octanol–water partition coefficient (Wildman–Crippen LogP) is 0.184. The molecule has 0 aromatic carbocycles. The van der Waals surface area contributed by atoms with Gasteiger partial charge in [-0.15, -0.1) is 0 Å². The van der Waals surface area contributed by atoms with E-state index in [0.29, 0.717) is 19.5 Å². The minimum Gasteiger partial charge on any atom is -0.391 e. The van der Waals surface area contributed by atoms with Gasteiger partial charge in [0.2, 0.25) is 5.91 Å². The summed E-state index contributed by atoms with van der Waals surface area (Å²) in [7, 11) is 0. The molecule has 2 aliphatic rings. The van der Waals surface area contributed by atoms with Gasteiger partial charge in [0.05, 0.1) is 12.6 Å². The van der Waals surface area contributed by atoms with Crippen LogP contribution in [0.25, 0.3) is 0 Å². The van der Waals surface area contributed by atoms with Gasteiger partial charge in [-0.25, -0.2) is 0 Å². The van der Waals surface area contributed by atoms with E-state index in [0.717, 1.165) is 6.42 Å². The van der Waals surface area contributed by atoms with E-state index in [1.165, 1.54) is 18.7 Å². The lowest BCUT2D eigenvalue weighted by atomic mass is 9.82. The molecule has 6 nitrogen and oxygen atoms in total. The quantitative estimate of drug-likeness (QED) is 0.751. The van der Waals surface area contributed by atoms with Gasteiger partial charge in [0, 0.05) is 12.5 Å². The molecule has 3 atom stereocenters. The number of nitrogens with zero attached hydrogens (tertiary/aromatic N) is 2. The highest BCUT2D eigenvalue weighted by molar-refractivity contribution is 6.00. The first kappa shape index (κ1) is 15.9. The van der Waals surface area contributed by atoms with Gasteiger partial charge in [0.15, 0.2) is 5.78 Å². The molecule has 6 heteroatoms. The van der Waals surface area contributed by atoms with Crippen molar-refractivity contribution in [3.63, 3.8) is 0 Å². The number of carbonyl (C=O) groups excluding carboxylic acids is 3. The van der Waals surface area contributed by atoms with Gasteiger partial charge >= 0.3 is 0 Å². The van der Waals surface area contributed by atoms with Crippen molar-refractivity contribution in [2.24, 2.45) is 5.92 Å². The molecular formula is C15H24N2O4.